The second kappa shape index (κ2) is 13.4. The third-order valence-electron chi connectivity index (χ3n) is 3.73. The number of nitrogens with one attached hydrogen (secondary N) is 3. The molecule has 0 aliphatic rings. The van der Waals surface area contributed by atoms with Crippen molar-refractivity contribution in [1.82, 2.24) is 16.0 Å². The minimum atomic E-state index is -1.33. The highest BCUT2D eigenvalue weighted by Crippen LogP contribution is 2.02. The summed E-state index contributed by atoms with van der Waals surface area (Å²) >= 11 is 0. The molecule has 28 heavy (non-hydrogen) atoms. The molecular formula is C16H30N6O6. The maximum absolute atomic E-state index is 12.3. The van der Waals surface area contributed by atoms with E-state index in [1.54, 1.807) is 0 Å². The number of carbonyl (C=O) groups excluding carboxylic acids is 4. The number of aliphatic carboxylic acids is 1. The summed E-state index contributed by atoms with van der Waals surface area (Å²) in [6.07, 6.45) is 1.15. The molecule has 0 saturated carbocycles. The van der Waals surface area contributed by atoms with Gasteiger partial charge < -0.3 is 38.3 Å². The Morgan fingerprint density at radius 3 is 2.11 bits per heavy atom. The highest BCUT2D eigenvalue weighted by atomic mass is 16.4. The molecular weight excluding hydrogens is 372 g/mol. The zero-order valence-corrected chi connectivity index (χ0v) is 15.9. The summed E-state index contributed by atoms with van der Waals surface area (Å²) in [5.74, 6) is -3.91. The molecule has 0 saturated heterocycles. The van der Waals surface area contributed by atoms with Crippen LogP contribution in [0.1, 0.15) is 39.0 Å². The number of amides is 4. The van der Waals surface area contributed by atoms with Crippen LogP contribution in [0.15, 0.2) is 0 Å². The molecule has 3 atom stereocenters. The molecule has 0 aromatic heterocycles. The van der Waals surface area contributed by atoms with Crippen molar-refractivity contribution in [3.8, 4) is 0 Å². The van der Waals surface area contributed by atoms with Gasteiger partial charge in [0.15, 0.2) is 0 Å². The molecule has 10 N–H and O–H groups in total. The predicted octanol–water partition coefficient (Wildman–Crippen LogP) is -3.10. The fourth-order valence-electron chi connectivity index (χ4n) is 2.14. The lowest BCUT2D eigenvalue weighted by Crippen LogP contribution is -2.53. The molecule has 12 nitrogen and oxygen atoms in total. The van der Waals surface area contributed by atoms with E-state index in [0.29, 0.717) is 25.8 Å². The molecule has 0 radical (unpaired) electrons. The molecule has 0 rings (SSSR count). The lowest BCUT2D eigenvalue weighted by atomic mass is 10.1. The summed E-state index contributed by atoms with van der Waals surface area (Å²) in [5.41, 5.74) is 15.9. The van der Waals surface area contributed by atoms with Crippen molar-refractivity contribution < 1.29 is 29.1 Å². The van der Waals surface area contributed by atoms with Crippen LogP contribution in [0.2, 0.25) is 0 Å². The van der Waals surface area contributed by atoms with Crippen LogP contribution in [0.3, 0.4) is 0 Å². The van der Waals surface area contributed by atoms with Crippen molar-refractivity contribution in [2.75, 3.05) is 13.1 Å². The van der Waals surface area contributed by atoms with Crippen LogP contribution < -0.4 is 33.2 Å². The Kier molecular flexibility index (Phi) is 12.1. The van der Waals surface area contributed by atoms with Gasteiger partial charge in [-0.3, -0.25) is 19.2 Å². The van der Waals surface area contributed by atoms with Crippen molar-refractivity contribution in [1.29, 1.82) is 0 Å². The van der Waals surface area contributed by atoms with Crippen LogP contribution in [0.4, 0.5) is 0 Å². The fourth-order valence-corrected chi connectivity index (χ4v) is 2.14. The molecule has 0 spiro atoms. The van der Waals surface area contributed by atoms with Gasteiger partial charge in [-0.15, -0.1) is 0 Å². The SMILES string of the molecule is CC(N)C(=O)NC(CCCCN)C(=O)NCC(=O)NC(CCC(N)=O)C(=O)O. The topological polar surface area (TPSA) is 220 Å². The number of nitrogens with two attached hydrogens (primary N) is 3. The molecule has 0 fully saturated rings. The van der Waals surface area contributed by atoms with Crippen LogP contribution in [0, 0.1) is 0 Å². The first-order valence-corrected chi connectivity index (χ1v) is 8.92. The van der Waals surface area contributed by atoms with E-state index in [0.717, 1.165) is 0 Å². The van der Waals surface area contributed by atoms with E-state index in [9.17, 15) is 24.0 Å². The fraction of sp³-hybridized carbons (Fsp3) is 0.688. The first-order chi connectivity index (χ1) is 13.1. The first kappa shape index (κ1) is 25.3. The Balaban J connectivity index is 4.69. The Hall–Kier alpha value is -2.73. The molecule has 0 aliphatic carbocycles. The van der Waals surface area contributed by atoms with E-state index in [-0.39, 0.29) is 12.8 Å². The van der Waals surface area contributed by atoms with Gasteiger partial charge in [0.2, 0.25) is 23.6 Å². The van der Waals surface area contributed by atoms with Crippen molar-refractivity contribution in [3.05, 3.63) is 0 Å². The summed E-state index contributed by atoms with van der Waals surface area (Å²) in [6, 6.07) is -3.02. The van der Waals surface area contributed by atoms with Gasteiger partial charge in [0.05, 0.1) is 12.6 Å². The number of hydrogen-bond acceptors (Lipinski definition) is 7. The van der Waals surface area contributed by atoms with Crippen LogP contribution in [-0.2, 0) is 24.0 Å². The second-order valence-corrected chi connectivity index (χ2v) is 6.32. The minimum absolute atomic E-state index is 0.170. The van der Waals surface area contributed by atoms with Gasteiger partial charge in [0.25, 0.3) is 0 Å². The van der Waals surface area contributed by atoms with Crippen LogP contribution in [0.5, 0.6) is 0 Å². The van der Waals surface area contributed by atoms with Gasteiger partial charge in [0.1, 0.15) is 12.1 Å². The Labute approximate surface area is 162 Å². The van der Waals surface area contributed by atoms with Crippen molar-refractivity contribution in [2.45, 2.75) is 57.2 Å². The van der Waals surface area contributed by atoms with Gasteiger partial charge in [-0.05, 0) is 39.2 Å². The maximum Gasteiger partial charge on any atom is 0.326 e. The quantitative estimate of drug-likeness (QED) is 0.147. The maximum atomic E-state index is 12.3. The number of primary amides is 1. The van der Waals surface area contributed by atoms with Gasteiger partial charge >= 0.3 is 5.97 Å². The number of hydrogen-bond donors (Lipinski definition) is 7. The van der Waals surface area contributed by atoms with E-state index in [2.05, 4.69) is 16.0 Å². The van der Waals surface area contributed by atoms with Gasteiger partial charge in [-0.2, -0.15) is 0 Å². The van der Waals surface area contributed by atoms with Gasteiger partial charge in [-0.1, -0.05) is 0 Å². The highest BCUT2D eigenvalue weighted by Gasteiger charge is 2.24. The number of unbranched alkanes of at least 4 members (excludes halogenated alkanes) is 1. The Morgan fingerprint density at radius 1 is 0.964 bits per heavy atom. The van der Waals surface area contributed by atoms with Crippen LogP contribution >= 0.6 is 0 Å². The molecule has 12 heteroatoms. The predicted molar refractivity (Wildman–Crippen MR) is 99.5 cm³/mol. The molecule has 0 aromatic rings. The lowest BCUT2D eigenvalue weighted by molar-refractivity contribution is -0.142. The highest BCUT2D eigenvalue weighted by molar-refractivity contribution is 5.92. The van der Waals surface area contributed by atoms with E-state index in [1.807, 2.05) is 0 Å². The van der Waals surface area contributed by atoms with E-state index in [4.69, 9.17) is 22.3 Å². The lowest BCUT2D eigenvalue weighted by Gasteiger charge is -2.20. The molecule has 0 aromatic carbocycles. The summed E-state index contributed by atoms with van der Waals surface area (Å²) in [5, 5.41) is 16.1. The van der Waals surface area contributed by atoms with Crippen LogP contribution in [-0.4, -0.2) is 65.9 Å². The summed E-state index contributed by atoms with van der Waals surface area (Å²) in [6.45, 7) is 1.40. The Bertz CT molecular complexity index is 568. The summed E-state index contributed by atoms with van der Waals surface area (Å²) in [7, 11) is 0. The van der Waals surface area contributed by atoms with Crippen molar-refractivity contribution in [2.24, 2.45) is 17.2 Å². The van der Waals surface area contributed by atoms with Crippen LogP contribution in [0.25, 0.3) is 0 Å². The van der Waals surface area contributed by atoms with Gasteiger partial charge in [0, 0.05) is 6.42 Å². The average molecular weight is 402 g/mol. The van der Waals surface area contributed by atoms with E-state index in [1.165, 1.54) is 6.92 Å². The first-order valence-electron chi connectivity index (χ1n) is 8.92. The summed E-state index contributed by atoms with van der Waals surface area (Å²) < 4.78 is 0. The zero-order valence-electron chi connectivity index (χ0n) is 15.9. The molecule has 3 unspecified atom stereocenters. The molecule has 0 heterocycles. The standard InChI is InChI=1S/C16H30N6O6/c1-9(18)14(25)22-10(4-2-3-7-17)15(26)20-8-13(24)21-11(16(27)28)5-6-12(19)23/h9-11H,2-8,17-18H2,1H3,(H2,19,23)(H,20,26)(H,21,24)(H,22,25)(H,27,28). The molecule has 0 bridgehead atoms. The number of carboxylic acids is 1. The monoisotopic (exact) mass is 402 g/mol. The van der Waals surface area contributed by atoms with Gasteiger partial charge in [-0.25, -0.2) is 4.79 Å². The Morgan fingerprint density at radius 2 is 1.61 bits per heavy atom. The molecule has 160 valence electrons. The number of carboxylic acid groups (broad SMARTS) is 1. The van der Waals surface area contributed by atoms with Crippen molar-refractivity contribution in [3.63, 3.8) is 0 Å². The third-order valence-corrected chi connectivity index (χ3v) is 3.73. The van der Waals surface area contributed by atoms with Crippen molar-refractivity contribution >= 4 is 29.6 Å². The largest absolute Gasteiger partial charge is 0.480 e. The second-order valence-electron chi connectivity index (χ2n) is 6.32. The van der Waals surface area contributed by atoms with E-state index < -0.39 is 54.3 Å². The summed E-state index contributed by atoms with van der Waals surface area (Å²) in [4.78, 5) is 57.8. The molecule has 0 aliphatic heterocycles. The number of rotatable bonds is 14. The van der Waals surface area contributed by atoms with E-state index >= 15 is 0 Å². The molecule has 4 amide bonds. The normalized spacial score (nSPS) is 13.7. The zero-order chi connectivity index (χ0) is 21.7. The number of carbonyl (C=O) groups is 5. The smallest absolute Gasteiger partial charge is 0.326 e. The minimum Gasteiger partial charge on any atom is -0.480 e. The average Bonchev–Trinajstić information content (AvgIpc) is 2.61. The third kappa shape index (κ3) is 11.1.